The van der Waals surface area contributed by atoms with Crippen LogP contribution in [0.4, 0.5) is 5.69 Å². The number of rotatable bonds is 3. The van der Waals surface area contributed by atoms with Crippen molar-refractivity contribution in [3.63, 3.8) is 0 Å². The van der Waals surface area contributed by atoms with E-state index in [0.29, 0.717) is 12.0 Å². The van der Waals surface area contributed by atoms with Crippen molar-refractivity contribution < 1.29 is 4.74 Å². The minimum atomic E-state index is 0.601. The lowest BCUT2D eigenvalue weighted by Crippen LogP contribution is -2.33. The lowest BCUT2D eigenvalue weighted by Gasteiger charge is -2.35. The minimum Gasteiger partial charge on any atom is -0.457 e. The van der Waals surface area contributed by atoms with Crippen molar-refractivity contribution in [2.45, 2.75) is 44.6 Å². The number of fused-ring (bicyclic) bond motifs is 1. The Bertz CT molecular complexity index is 676. The maximum Gasteiger partial charge on any atom is 0.136 e. The Morgan fingerprint density at radius 2 is 1.77 bits per heavy atom. The first kappa shape index (κ1) is 13.7. The van der Waals surface area contributed by atoms with Crippen LogP contribution in [0.3, 0.4) is 0 Å². The molecular formula is C20H23NO. The molecule has 0 spiro atoms. The highest BCUT2D eigenvalue weighted by Crippen LogP contribution is 2.49. The summed E-state index contributed by atoms with van der Waals surface area (Å²) < 4.78 is 6.37. The summed E-state index contributed by atoms with van der Waals surface area (Å²) in [6.07, 6.45) is 4.92. The molecule has 22 heavy (non-hydrogen) atoms. The minimum absolute atomic E-state index is 0.601. The summed E-state index contributed by atoms with van der Waals surface area (Å²) >= 11 is 0. The van der Waals surface area contributed by atoms with Gasteiger partial charge in [0.25, 0.3) is 0 Å². The second kappa shape index (κ2) is 5.35. The first-order valence-electron chi connectivity index (χ1n) is 8.35. The summed E-state index contributed by atoms with van der Waals surface area (Å²) in [7, 11) is 2.20. The van der Waals surface area contributed by atoms with Crippen molar-refractivity contribution in [2.75, 3.05) is 11.9 Å². The molecule has 1 fully saturated rings. The van der Waals surface area contributed by atoms with Crippen molar-refractivity contribution in [1.82, 2.24) is 0 Å². The molecule has 2 aromatic rings. The van der Waals surface area contributed by atoms with E-state index in [1.807, 2.05) is 30.3 Å². The molecule has 0 aromatic heterocycles. The van der Waals surface area contributed by atoms with Gasteiger partial charge in [-0.3, -0.25) is 0 Å². The topological polar surface area (TPSA) is 12.5 Å². The highest BCUT2D eigenvalue weighted by Gasteiger charge is 2.31. The van der Waals surface area contributed by atoms with E-state index in [1.165, 1.54) is 36.1 Å². The van der Waals surface area contributed by atoms with Gasteiger partial charge in [-0.1, -0.05) is 24.3 Å². The van der Waals surface area contributed by atoms with Gasteiger partial charge >= 0.3 is 0 Å². The molecule has 4 rings (SSSR count). The zero-order valence-electron chi connectivity index (χ0n) is 13.4. The van der Waals surface area contributed by atoms with Crippen LogP contribution in [-0.4, -0.2) is 13.1 Å². The number of para-hydroxylation sites is 1. The molecule has 1 heterocycles. The van der Waals surface area contributed by atoms with Crippen LogP contribution in [-0.2, 0) is 6.42 Å². The zero-order chi connectivity index (χ0) is 15.1. The smallest absolute Gasteiger partial charge is 0.136 e. The van der Waals surface area contributed by atoms with Crippen LogP contribution in [0.25, 0.3) is 0 Å². The Hall–Kier alpha value is -1.96. The number of anilines is 1. The van der Waals surface area contributed by atoms with Gasteiger partial charge in [-0.25, -0.2) is 0 Å². The van der Waals surface area contributed by atoms with Crippen molar-refractivity contribution in [3.05, 3.63) is 53.6 Å². The lowest BCUT2D eigenvalue weighted by molar-refractivity contribution is 0.462. The predicted molar refractivity (Wildman–Crippen MR) is 91.1 cm³/mol. The summed E-state index contributed by atoms with van der Waals surface area (Å²) in [5.74, 6) is 2.78. The van der Waals surface area contributed by atoms with Gasteiger partial charge < -0.3 is 9.64 Å². The fraction of sp³-hybridized carbons (Fsp3) is 0.400. The monoisotopic (exact) mass is 293 g/mol. The van der Waals surface area contributed by atoms with Crippen LogP contribution in [0.2, 0.25) is 0 Å². The Labute approximate surface area is 132 Å². The molecule has 0 N–H and O–H groups in total. The molecule has 2 aromatic carbocycles. The molecule has 0 saturated heterocycles. The molecule has 114 valence electrons. The van der Waals surface area contributed by atoms with Gasteiger partial charge in [0, 0.05) is 24.3 Å². The van der Waals surface area contributed by atoms with E-state index in [9.17, 15) is 0 Å². The molecule has 1 unspecified atom stereocenters. The molecule has 0 radical (unpaired) electrons. The quantitative estimate of drug-likeness (QED) is 0.778. The highest BCUT2D eigenvalue weighted by molar-refractivity contribution is 5.65. The summed E-state index contributed by atoms with van der Waals surface area (Å²) in [5.41, 5.74) is 4.15. The number of nitrogens with zero attached hydrogens (tertiary/aromatic N) is 1. The van der Waals surface area contributed by atoms with E-state index in [2.05, 4.69) is 31.0 Å². The predicted octanol–water partition coefficient (Wildman–Crippen LogP) is 5.13. The van der Waals surface area contributed by atoms with Crippen LogP contribution in [0.1, 0.15) is 43.2 Å². The molecule has 0 amide bonds. The number of hydrogen-bond donors (Lipinski definition) is 0. The maximum absolute atomic E-state index is 6.37. The van der Waals surface area contributed by atoms with E-state index in [-0.39, 0.29) is 0 Å². The fourth-order valence-electron chi connectivity index (χ4n) is 3.43. The molecule has 1 saturated carbocycles. The fourth-order valence-corrected chi connectivity index (χ4v) is 3.43. The summed E-state index contributed by atoms with van der Waals surface area (Å²) in [6, 6.07) is 15.4. The van der Waals surface area contributed by atoms with Crippen molar-refractivity contribution in [3.8, 4) is 11.5 Å². The second-order valence-corrected chi connectivity index (χ2v) is 6.67. The third kappa shape index (κ3) is 2.37. The molecule has 2 nitrogen and oxygen atoms in total. The Kier molecular flexibility index (Phi) is 3.33. The Morgan fingerprint density at radius 1 is 1.00 bits per heavy atom. The van der Waals surface area contributed by atoms with Crippen molar-refractivity contribution in [2.24, 2.45) is 0 Å². The van der Waals surface area contributed by atoms with Gasteiger partial charge in [0.15, 0.2) is 0 Å². The van der Waals surface area contributed by atoms with Crippen molar-refractivity contribution in [1.29, 1.82) is 0 Å². The Morgan fingerprint density at radius 3 is 2.50 bits per heavy atom. The van der Waals surface area contributed by atoms with E-state index < -0.39 is 0 Å². The first-order chi connectivity index (χ1) is 10.7. The number of hydrogen-bond acceptors (Lipinski definition) is 2. The van der Waals surface area contributed by atoms with Gasteiger partial charge in [-0.05, 0) is 62.3 Å². The van der Waals surface area contributed by atoms with Gasteiger partial charge in [0.2, 0.25) is 0 Å². The SMILES string of the molecule is CC1CCc2c(ccc(C3CC3)c2Oc2ccccc2)N1C. The molecule has 2 heteroatoms. The first-order valence-corrected chi connectivity index (χ1v) is 8.35. The number of ether oxygens (including phenoxy) is 1. The average Bonchev–Trinajstić information content (AvgIpc) is 3.37. The standard InChI is InChI=1S/C20H23NO/c1-14-8-11-18-19(21(14)2)13-12-17(15-9-10-15)20(18)22-16-6-4-3-5-7-16/h3-7,12-15H,8-11H2,1-2H3. The van der Waals surface area contributed by atoms with E-state index >= 15 is 0 Å². The van der Waals surface area contributed by atoms with Gasteiger partial charge in [0.1, 0.15) is 11.5 Å². The molecular weight excluding hydrogens is 270 g/mol. The molecule has 0 bridgehead atoms. The average molecular weight is 293 g/mol. The molecule has 1 aliphatic carbocycles. The van der Waals surface area contributed by atoms with Crippen LogP contribution in [0.5, 0.6) is 11.5 Å². The molecule has 1 aliphatic heterocycles. The zero-order valence-corrected chi connectivity index (χ0v) is 13.4. The Balaban J connectivity index is 1.80. The largest absolute Gasteiger partial charge is 0.457 e. The van der Waals surface area contributed by atoms with Crippen LogP contribution < -0.4 is 9.64 Å². The normalized spacial score (nSPS) is 20.6. The molecule has 2 aliphatic rings. The molecule has 1 atom stereocenters. The second-order valence-electron chi connectivity index (χ2n) is 6.67. The van der Waals surface area contributed by atoms with Crippen molar-refractivity contribution >= 4 is 5.69 Å². The van der Waals surface area contributed by atoms with Gasteiger partial charge in [0.05, 0.1) is 0 Å². The highest BCUT2D eigenvalue weighted by atomic mass is 16.5. The van der Waals surface area contributed by atoms with Gasteiger partial charge in [-0.2, -0.15) is 0 Å². The van der Waals surface area contributed by atoms with Crippen LogP contribution in [0.15, 0.2) is 42.5 Å². The van der Waals surface area contributed by atoms with Gasteiger partial charge in [-0.15, -0.1) is 0 Å². The summed E-state index contributed by atoms with van der Waals surface area (Å²) in [4.78, 5) is 2.40. The maximum atomic E-state index is 6.37. The third-order valence-corrected chi connectivity index (χ3v) is 5.10. The van der Waals surface area contributed by atoms with E-state index in [4.69, 9.17) is 4.74 Å². The number of benzene rings is 2. The summed E-state index contributed by atoms with van der Waals surface area (Å²) in [5, 5.41) is 0. The van der Waals surface area contributed by atoms with E-state index in [1.54, 1.807) is 0 Å². The summed E-state index contributed by atoms with van der Waals surface area (Å²) in [6.45, 7) is 2.30. The van der Waals surface area contributed by atoms with E-state index in [0.717, 1.165) is 17.9 Å². The lowest BCUT2D eigenvalue weighted by atomic mass is 9.93. The third-order valence-electron chi connectivity index (χ3n) is 5.10. The van der Waals surface area contributed by atoms with Crippen LogP contribution >= 0.6 is 0 Å². The van der Waals surface area contributed by atoms with Crippen LogP contribution in [0, 0.1) is 0 Å².